The lowest BCUT2D eigenvalue weighted by Crippen LogP contribution is -2.42. The van der Waals surface area contributed by atoms with Crippen molar-refractivity contribution >= 4 is 17.8 Å². The molecule has 1 fully saturated rings. The second-order valence-corrected chi connectivity index (χ2v) is 6.87. The third-order valence-corrected chi connectivity index (χ3v) is 5.00. The predicted octanol–water partition coefficient (Wildman–Crippen LogP) is 2.55. The monoisotopic (exact) mass is 378 g/mol. The molecule has 0 aromatic carbocycles. The van der Waals surface area contributed by atoms with Crippen molar-refractivity contribution in [1.29, 1.82) is 0 Å². The topological polar surface area (TPSA) is 80.1 Å². The van der Waals surface area contributed by atoms with Gasteiger partial charge >= 0.3 is 5.97 Å². The first-order chi connectivity index (χ1) is 12.9. The number of piperidine rings is 1. The summed E-state index contributed by atoms with van der Waals surface area (Å²) in [7, 11) is 0. The smallest absolute Gasteiger partial charge is 0.309 e. The van der Waals surface area contributed by atoms with E-state index in [-0.39, 0.29) is 30.1 Å². The molecule has 1 aliphatic heterocycles. The minimum absolute atomic E-state index is 0.0173. The summed E-state index contributed by atoms with van der Waals surface area (Å²) in [6.07, 6.45) is 1.54. The van der Waals surface area contributed by atoms with E-state index < -0.39 is 0 Å². The zero-order chi connectivity index (χ0) is 20.0. The number of carbonyl (C=O) groups is 3. The van der Waals surface area contributed by atoms with Crippen molar-refractivity contribution in [3.8, 4) is 0 Å². The van der Waals surface area contributed by atoms with E-state index in [1.165, 1.54) is 0 Å². The van der Waals surface area contributed by atoms with E-state index in [2.05, 4.69) is 0 Å². The SMILES string of the molecule is CCOC(=O)C1CCN(C(=O)CCN(CC)C(=O)c2cc(C)oc2C)CC1. The van der Waals surface area contributed by atoms with E-state index in [0.717, 1.165) is 0 Å². The van der Waals surface area contributed by atoms with Gasteiger partial charge in [0.1, 0.15) is 11.5 Å². The van der Waals surface area contributed by atoms with E-state index in [1.807, 2.05) is 13.8 Å². The Hall–Kier alpha value is -2.31. The van der Waals surface area contributed by atoms with Crippen molar-refractivity contribution in [2.75, 3.05) is 32.8 Å². The molecular formula is C20H30N2O5. The number of esters is 1. The van der Waals surface area contributed by atoms with Gasteiger partial charge in [-0.2, -0.15) is 0 Å². The number of carbonyl (C=O) groups excluding carboxylic acids is 3. The Kier molecular flexibility index (Phi) is 7.45. The number of nitrogens with zero attached hydrogens (tertiary/aromatic N) is 2. The highest BCUT2D eigenvalue weighted by molar-refractivity contribution is 5.95. The van der Waals surface area contributed by atoms with Crippen LogP contribution in [0.2, 0.25) is 0 Å². The first-order valence-electron chi connectivity index (χ1n) is 9.68. The number of hydrogen-bond acceptors (Lipinski definition) is 5. The quantitative estimate of drug-likeness (QED) is 0.681. The minimum Gasteiger partial charge on any atom is -0.466 e. The van der Waals surface area contributed by atoms with Gasteiger partial charge in [-0.15, -0.1) is 0 Å². The highest BCUT2D eigenvalue weighted by Gasteiger charge is 2.28. The molecule has 27 heavy (non-hydrogen) atoms. The molecule has 1 aliphatic rings. The van der Waals surface area contributed by atoms with Crippen LogP contribution in [0.4, 0.5) is 0 Å². The maximum atomic E-state index is 12.7. The highest BCUT2D eigenvalue weighted by atomic mass is 16.5. The third kappa shape index (κ3) is 5.34. The maximum Gasteiger partial charge on any atom is 0.309 e. The normalized spacial score (nSPS) is 14.9. The Labute approximate surface area is 160 Å². The number of aryl methyl sites for hydroxylation is 2. The summed E-state index contributed by atoms with van der Waals surface area (Å²) in [6, 6.07) is 1.74. The van der Waals surface area contributed by atoms with Gasteiger partial charge in [0.25, 0.3) is 5.91 Å². The van der Waals surface area contributed by atoms with Crippen LogP contribution in [0.3, 0.4) is 0 Å². The highest BCUT2D eigenvalue weighted by Crippen LogP contribution is 2.20. The molecule has 0 atom stereocenters. The molecule has 0 radical (unpaired) electrons. The van der Waals surface area contributed by atoms with E-state index >= 15 is 0 Å². The van der Waals surface area contributed by atoms with Gasteiger partial charge in [-0.3, -0.25) is 14.4 Å². The van der Waals surface area contributed by atoms with Gasteiger partial charge in [-0.05, 0) is 46.6 Å². The molecule has 1 aromatic rings. The summed E-state index contributed by atoms with van der Waals surface area (Å²) in [6.45, 7) is 9.67. The Morgan fingerprint density at radius 3 is 2.41 bits per heavy atom. The van der Waals surface area contributed by atoms with E-state index in [1.54, 1.807) is 29.7 Å². The van der Waals surface area contributed by atoms with Crippen molar-refractivity contribution in [3.05, 3.63) is 23.2 Å². The van der Waals surface area contributed by atoms with E-state index in [0.29, 0.717) is 62.7 Å². The van der Waals surface area contributed by atoms with Crippen LogP contribution in [0.1, 0.15) is 55.0 Å². The number of hydrogen-bond donors (Lipinski definition) is 0. The fourth-order valence-electron chi connectivity index (χ4n) is 3.43. The molecule has 1 saturated heterocycles. The Bertz CT molecular complexity index is 674. The van der Waals surface area contributed by atoms with Gasteiger partial charge in [0.15, 0.2) is 0 Å². The lowest BCUT2D eigenvalue weighted by molar-refractivity contribution is -0.151. The van der Waals surface area contributed by atoms with Crippen molar-refractivity contribution in [1.82, 2.24) is 9.80 Å². The number of amides is 2. The van der Waals surface area contributed by atoms with Crippen molar-refractivity contribution < 1.29 is 23.5 Å². The van der Waals surface area contributed by atoms with Gasteiger partial charge in [-0.1, -0.05) is 0 Å². The minimum atomic E-state index is -0.168. The van der Waals surface area contributed by atoms with Gasteiger partial charge in [-0.25, -0.2) is 0 Å². The second kappa shape index (κ2) is 9.58. The molecule has 7 heteroatoms. The maximum absolute atomic E-state index is 12.7. The average Bonchev–Trinajstić information content (AvgIpc) is 3.00. The Morgan fingerprint density at radius 2 is 1.89 bits per heavy atom. The summed E-state index contributed by atoms with van der Waals surface area (Å²) in [5.74, 6) is 0.924. The van der Waals surface area contributed by atoms with Crippen molar-refractivity contribution in [2.45, 2.75) is 47.0 Å². The summed E-state index contributed by atoms with van der Waals surface area (Å²) in [5, 5.41) is 0. The van der Waals surface area contributed by atoms with E-state index in [9.17, 15) is 14.4 Å². The van der Waals surface area contributed by atoms with Crippen LogP contribution in [-0.4, -0.2) is 60.4 Å². The molecule has 1 aromatic heterocycles. The molecule has 0 bridgehead atoms. The molecule has 2 rings (SSSR count). The number of rotatable bonds is 7. The fourth-order valence-corrected chi connectivity index (χ4v) is 3.43. The number of likely N-dealkylation sites (tertiary alicyclic amines) is 1. The second-order valence-electron chi connectivity index (χ2n) is 6.87. The molecule has 150 valence electrons. The van der Waals surface area contributed by atoms with Crippen LogP contribution in [0.25, 0.3) is 0 Å². The zero-order valence-corrected chi connectivity index (χ0v) is 16.7. The average molecular weight is 378 g/mol. The van der Waals surface area contributed by atoms with Crippen LogP contribution in [0.5, 0.6) is 0 Å². The van der Waals surface area contributed by atoms with Crippen LogP contribution in [0.15, 0.2) is 10.5 Å². The largest absolute Gasteiger partial charge is 0.466 e. The first-order valence-corrected chi connectivity index (χ1v) is 9.68. The molecule has 0 N–H and O–H groups in total. The summed E-state index contributed by atoms with van der Waals surface area (Å²) >= 11 is 0. The third-order valence-electron chi connectivity index (χ3n) is 5.00. The molecule has 0 unspecified atom stereocenters. The lowest BCUT2D eigenvalue weighted by Gasteiger charge is -2.31. The van der Waals surface area contributed by atoms with Crippen LogP contribution < -0.4 is 0 Å². The molecule has 0 aliphatic carbocycles. The summed E-state index contributed by atoms with van der Waals surface area (Å²) in [5.41, 5.74) is 0.553. The Balaban J connectivity index is 1.84. The summed E-state index contributed by atoms with van der Waals surface area (Å²) in [4.78, 5) is 40.4. The summed E-state index contributed by atoms with van der Waals surface area (Å²) < 4.78 is 10.5. The first kappa shape index (κ1) is 21.0. The van der Waals surface area contributed by atoms with Crippen molar-refractivity contribution in [3.63, 3.8) is 0 Å². The van der Waals surface area contributed by atoms with Crippen LogP contribution >= 0.6 is 0 Å². The van der Waals surface area contributed by atoms with Crippen LogP contribution in [0, 0.1) is 19.8 Å². The number of furan rings is 1. The number of ether oxygens (including phenoxy) is 1. The van der Waals surface area contributed by atoms with Crippen LogP contribution in [-0.2, 0) is 14.3 Å². The molecule has 0 spiro atoms. The predicted molar refractivity (Wildman–Crippen MR) is 100 cm³/mol. The molecule has 7 nitrogen and oxygen atoms in total. The molecule has 2 amide bonds. The van der Waals surface area contributed by atoms with Gasteiger partial charge in [0.05, 0.1) is 18.1 Å². The van der Waals surface area contributed by atoms with Gasteiger partial charge < -0.3 is 19.0 Å². The Morgan fingerprint density at radius 1 is 1.22 bits per heavy atom. The molecule has 0 saturated carbocycles. The zero-order valence-electron chi connectivity index (χ0n) is 16.7. The van der Waals surface area contributed by atoms with Crippen molar-refractivity contribution in [2.24, 2.45) is 5.92 Å². The fraction of sp³-hybridized carbons (Fsp3) is 0.650. The molecule has 2 heterocycles. The van der Waals surface area contributed by atoms with Gasteiger partial charge in [0, 0.05) is 32.6 Å². The van der Waals surface area contributed by atoms with Gasteiger partial charge in [0.2, 0.25) is 5.91 Å². The van der Waals surface area contributed by atoms with E-state index in [4.69, 9.17) is 9.15 Å². The molecular weight excluding hydrogens is 348 g/mol. The standard InChI is InChI=1S/C20H30N2O5/c1-5-21(19(24)17-13-14(3)27-15(17)4)12-9-18(23)22-10-7-16(8-11-22)20(25)26-6-2/h13,16H,5-12H2,1-4H3. The lowest BCUT2D eigenvalue weighted by atomic mass is 9.97.